The van der Waals surface area contributed by atoms with E-state index in [4.69, 9.17) is 11.6 Å². The van der Waals surface area contributed by atoms with Gasteiger partial charge in [0.1, 0.15) is 6.04 Å². The summed E-state index contributed by atoms with van der Waals surface area (Å²) in [6, 6.07) is 17.9. The van der Waals surface area contributed by atoms with Gasteiger partial charge in [-0.25, -0.2) is 0 Å². The number of quaternary nitrogens is 1. The third kappa shape index (κ3) is 4.42. The second-order valence-electron chi connectivity index (χ2n) is 7.90. The Bertz CT molecular complexity index is 988. The maximum absolute atomic E-state index is 13.5. The Labute approximate surface area is 182 Å². The van der Waals surface area contributed by atoms with E-state index < -0.39 is 0 Å². The van der Waals surface area contributed by atoms with Crippen LogP contribution in [0.25, 0.3) is 11.3 Å². The predicted octanol–water partition coefficient (Wildman–Crippen LogP) is 3.44. The van der Waals surface area contributed by atoms with Gasteiger partial charge in [0.05, 0.1) is 42.1 Å². The minimum atomic E-state index is -0.0248. The van der Waals surface area contributed by atoms with Crippen molar-refractivity contribution in [3.8, 4) is 11.3 Å². The van der Waals surface area contributed by atoms with E-state index in [0.29, 0.717) is 29.7 Å². The van der Waals surface area contributed by atoms with Gasteiger partial charge in [-0.15, -0.1) is 0 Å². The van der Waals surface area contributed by atoms with E-state index in [-0.39, 0.29) is 5.91 Å². The molecule has 2 atom stereocenters. The number of H-pyrrole nitrogens is 1. The quantitative estimate of drug-likeness (QED) is 0.611. The number of amides is 1. The normalized spacial score (nSPS) is 18.5. The third-order valence-corrected chi connectivity index (χ3v) is 6.39. The highest BCUT2D eigenvalue weighted by Crippen LogP contribution is 2.24. The van der Waals surface area contributed by atoms with Crippen LogP contribution in [0.1, 0.15) is 35.7 Å². The molecule has 2 heterocycles. The first-order valence-electron chi connectivity index (χ1n) is 10.6. The van der Waals surface area contributed by atoms with Crippen LogP contribution >= 0.6 is 11.6 Å². The lowest BCUT2D eigenvalue weighted by Gasteiger charge is -2.29. The maximum atomic E-state index is 13.5. The van der Waals surface area contributed by atoms with Crippen molar-refractivity contribution in [3.63, 3.8) is 0 Å². The lowest BCUT2D eigenvalue weighted by Crippen LogP contribution is -3.14. The molecule has 0 saturated carbocycles. The minimum absolute atomic E-state index is 0.0248. The molecule has 1 fully saturated rings. The van der Waals surface area contributed by atoms with E-state index in [0.717, 1.165) is 29.8 Å². The van der Waals surface area contributed by atoms with E-state index in [1.54, 1.807) is 11.0 Å². The monoisotopic (exact) mass is 423 g/mol. The zero-order chi connectivity index (χ0) is 20.9. The van der Waals surface area contributed by atoms with E-state index in [1.165, 1.54) is 13.0 Å². The molecule has 0 radical (unpaired) electrons. The van der Waals surface area contributed by atoms with Gasteiger partial charge in [0.25, 0.3) is 5.91 Å². The van der Waals surface area contributed by atoms with Crippen molar-refractivity contribution in [2.75, 3.05) is 19.6 Å². The average Bonchev–Trinajstić information content (AvgIpc) is 3.43. The number of carbonyl (C=O) groups is 1. The van der Waals surface area contributed by atoms with Gasteiger partial charge < -0.3 is 9.80 Å². The van der Waals surface area contributed by atoms with Crippen molar-refractivity contribution in [2.24, 2.45) is 0 Å². The second kappa shape index (κ2) is 9.45. The fourth-order valence-electron chi connectivity index (χ4n) is 4.45. The molecule has 5 nitrogen and oxygen atoms in total. The van der Waals surface area contributed by atoms with E-state index >= 15 is 0 Å². The van der Waals surface area contributed by atoms with Crippen LogP contribution < -0.4 is 4.90 Å². The van der Waals surface area contributed by atoms with Crippen molar-refractivity contribution in [1.82, 2.24) is 15.1 Å². The molecular formula is C24H28ClN4O+. The molecule has 1 saturated heterocycles. The summed E-state index contributed by atoms with van der Waals surface area (Å²) in [4.78, 5) is 17.0. The molecule has 1 unspecified atom stereocenters. The molecule has 0 bridgehead atoms. The Kier molecular flexibility index (Phi) is 6.50. The number of likely N-dealkylation sites (N-methyl/N-ethyl adjacent to an activating group) is 1. The Balaban J connectivity index is 1.64. The van der Waals surface area contributed by atoms with Crippen LogP contribution in [-0.2, 0) is 6.54 Å². The smallest absolute Gasteiger partial charge is 0.255 e. The van der Waals surface area contributed by atoms with Gasteiger partial charge in [-0.2, -0.15) is 5.10 Å². The highest BCUT2D eigenvalue weighted by molar-refractivity contribution is 6.33. The lowest BCUT2D eigenvalue weighted by molar-refractivity contribution is -0.909. The summed E-state index contributed by atoms with van der Waals surface area (Å²) in [6.07, 6.45) is 4.18. The topological polar surface area (TPSA) is 53.4 Å². The standard InChI is InChI=1S/C24H27ClN4O/c1-2-28-14-8-11-20(28)17-29(24(30)21-12-6-7-13-22(21)25)16-19-15-26-27-23(19)18-9-4-3-5-10-18/h3-7,9-10,12-13,15,20H,2,8,11,14,16-17H2,1H3,(H,26,27)/p+1/t20-/m1/s1. The molecule has 30 heavy (non-hydrogen) atoms. The van der Waals surface area contributed by atoms with Gasteiger partial charge in [0.2, 0.25) is 0 Å². The number of nitrogens with one attached hydrogen (secondary N) is 2. The molecule has 1 aliphatic rings. The van der Waals surface area contributed by atoms with Crippen LogP contribution in [0.15, 0.2) is 60.8 Å². The third-order valence-electron chi connectivity index (χ3n) is 6.06. The fourth-order valence-corrected chi connectivity index (χ4v) is 4.67. The van der Waals surface area contributed by atoms with Crippen molar-refractivity contribution >= 4 is 17.5 Å². The number of hydrogen-bond acceptors (Lipinski definition) is 2. The number of benzene rings is 2. The van der Waals surface area contributed by atoms with Crippen LogP contribution in [0.2, 0.25) is 5.02 Å². The Hall–Kier alpha value is -2.63. The summed E-state index contributed by atoms with van der Waals surface area (Å²) in [6.45, 7) is 5.69. The summed E-state index contributed by atoms with van der Waals surface area (Å²) in [5.41, 5.74) is 3.59. The predicted molar refractivity (Wildman–Crippen MR) is 120 cm³/mol. The molecule has 156 valence electrons. The molecule has 0 aliphatic carbocycles. The van der Waals surface area contributed by atoms with Crippen molar-refractivity contribution in [2.45, 2.75) is 32.4 Å². The van der Waals surface area contributed by atoms with Crippen LogP contribution in [0, 0.1) is 0 Å². The molecule has 4 rings (SSSR count). The molecular weight excluding hydrogens is 396 g/mol. The highest BCUT2D eigenvalue weighted by atomic mass is 35.5. The summed E-state index contributed by atoms with van der Waals surface area (Å²) >= 11 is 6.37. The van der Waals surface area contributed by atoms with Gasteiger partial charge in [-0.3, -0.25) is 9.89 Å². The molecule has 1 aromatic heterocycles. The van der Waals surface area contributed by atoms with Crippen LogP contribution in [0.5, 0.6) is 0 Å². The average molecular weight is 424 g/mol. The zero-order valence-electron chi connectivity index (χ0n) is 17.3. The fraction of sp³-hybridized carbons (Fsp3) is 0.333. The van der Waals surface area contributed by atoms with Gasteiger partial charge in [-0.1, -0.05) is 54.1 Å². The molecule has 2 N–H and O–H groups in total. The first-order valence-corrected chi connectivity index (χ1v) is 11.0. The first kappa shape index (κ1) is 20.6. The summed E-state index contributed by atoms with van der Waals surface area (Å²) in [5, 5.41) is 7.88. The molecule has 1 aliphatic heterocycles. The zero-order valence-corrected chi connectivity index (χ0v) is 18.0. The Morgan fingerprint density at radius 2 is 1.97 bits per heavy atom. The molecule has 2 aromatic carbocycles. The number of aromatic amines is 1. The van der Waals surface area contributed by atoms with Crippen molar-refractivity contribution in [1.29, 1.82) is 0 Å². The van der Waals surface area contributed by atoms with E-state index in [2.05, 4.69) is 29.3 Å². The van der Waals surface area contributed by atoms with Crippen molar-refractivity contribution < 1.29 is 9.69 Å². The highest BCUT2D eigenvalue weighted by Gasteiger charge is 2.31. The van der Waals surface area contributed by atoms with E-state index in [1.807, 2.05) is 47.5 Å². The van der Waals surface area contributed by atoms with Gasteiger partial charge in [0.15, 0.2) is 0 Å². The lowest BCUT2D eigenvalue weighted by atomic mass is 10.1. The number of carbonyl (C=O) groups excluding carboxylic acids is 1. The molecule has 0 spiro atoms. The number of aromatic nitrogens is 2. The number of rotatable bonds is 7. The number of nitrogens with zero attached hydrogens (tertiary/aromatic N) is 2. The van der Waals surface area contributed by atoms with Crippen LogP contribution in [-0.4, -0.2) is 46.7 Å². The maximum Gasteiger partial charge on any atom is 0.255 e. The number of hydrogen-bond donors (Lipinski definition) is 2. The number of likely N-dealkylation sites (tertiary alicyclic amines) is 1. The van der Waals surface area contributed by atoms with Crippen molar-refractivity contribution in [3.05, 3.63) is 76.9 Å². The van der Waals surface area contributed by atoms with E-state index in [9.17, 15) is 4.79 Å². The van der Waals surface area contributed by atoms with Gasteiger partial charge >= 0.3 is 0 Å². The first-order chi connectivity index (χ1) is 14.7. The van der Waals surface area contributed by atoms with Gasteiger partial charge in [-0.05, 0) is 24.6 Å². The number of halogens is 1. The molecule has 1 amide bonds. The summed E-state index contributed by atoms with van der Waals surface area (Å²) in [5.74, 6) is -0.0248. The Morgan fingerprint density at radius 3 is 2.73 bits per heavy atom. The minimum Gasteiger partial charge on any atom is -0.331 e. The molecule has 6 heteroatoms. The van der Waals surface area contributed by atoms with Crippen LogP contribution in [0.4, 0.5) is 0 Å². The summed E-state index contributed by atoms with van der Waals surface area (Å²) in [7, 11) is 0. The molecule has 3 aromatic rings. The SMILES string of the molecule is CC[NH+]1CCC[C@@H]1CN(Cc1cn[nH]c1-c1ccccc1)C(=O)c1ccccc1Cl. The largest absolute Gasteiger partial charge is 0.331 e. The van der Waals surface area contributed by atoms with Gasteiger partial charge in [0, 0.05) is 24.9 Å². The van der Waals surface area contributed by atoms with Crippen LogP contribution in [0.3, 0.4) is 0 Å². The second-order valence-corrected chi connectivity index (χ2v) is 8.31. The Morgan fingerprint density at radius 1 is 1.20 bits per heavy atom. The summed E-state index contributed by atoms with van der Waals surface area (Å²) < 4.78 is 0.